The molecule has 0 aliphatic heterocycles. The lowest BCUT2D eigenvalue weighted by Crippen LogP contribution is -2.24. The molecule has 1 aromatic carbocycles. The molecular formula is C13H17N3O5. The molecule has 21 heavy (non-hydrogen) atoms. The summed E-state index contributed by atoms with van der Waals surface area (Å²) in [6.45, 7) is 3.89. The van der Waals surface area contributed by atoms with E-state index >= 15 is 0 Å². The van der Waals surface area contributed by atoms with Crippen LogP contribution in [0.15, 0.2) is 18.2 Å². The van der Waals surface area contributed by atoms with Gasteiger partial charge in [0.2, 0.25) is 0 Å². The van der Waals surface area contributed by atoms with Gasteiger partial charge in [-0.05, 0) is 25.5 Å². The predicted molar refractivity (Wildman–Crippen MR) is 78.1 cm³/mol. The Morgan fingerprint density at radius 2 is 1.81 bits per heavy atom. The van der Waals surface area contributed by atoms with Crippen LogP contribution in [-0.4, -0.2) is 34.1 Å². The number of hydrogen-bond donors (Lipinski definition) is 2. The first-order chi connectivity index (χ1) is 9.82. The normalized spacial score (nSPS) is 12.5. The van der Waals surface area contributed by atoms with Crippen LogP contribution in [0.5, 0.6) is 0 Å². The lowest BCUT2D eigenvalue weighted by atomic mass is 10.1. The third kappa shape index (κ3) is 4.93. The molecule has 1 aromatic rings. The van der Waals surface area contributed by atoms with Crippen LogP contribution in [0.25, 0.3) is 6.08 Å². The van der Waals surface area contributed by atoms with Crippen LogP contribution in [-0.2, 0) is 0 Å². The fourth-order valence-electron chi connectivity index (χ4n) is 1.78. The highest BCUT2D eigenvalue weighted by Crippen LogP contribution is 2.31. The minimum Gasteiger partial charge on any atom is -0.392 e. The highest BCUT2D eigenvalue weighted by molar-refractivity contribution is 5.71. The maximum absolute atomic E-state index is 11.0. The Bertz CT molecular complexity index is 534. The van der Waals surface area contributed by atoms with Crippen LogP contribution in [0.1, 0.15) is 18.1 Å². The molecule has 1 rings (SSSR count). The Labute approximate surface area is 121 Å². The SMILES string of the molecule is Cc1cc([N+](=O)[O-])c(C=CCNCC(C)O)c([N+](=O)[O-])c1. The highest BCUT2D eigenvalue weighted by atomic mass is 16.6. The zero-order valence-corrected chi connectivity index (χ0v) is 11.8. The maximum Gasteiger partial charge on any atom is 0.283 e. The second-order valence-corrected chi connectivity index (χ2v) is 4.64. The lowest BCUT2D eigenvalue weighted by Gasteiger charge is -2.04. The van der Waals surface area contributed by atoms with Crippen molar-refractivity contribution in [1.82, 2.24) is 5.32 Å². The number of nitrogens with one attached hydrogen (secondary N) is 1. The van der Waals surface area contributed by atoms with Gasteiger partial charge >= 0.3 is 0 Å². The second kappa shape index (κ2) is 7.46. The summed E-state index contributed by atoms with van der Waals surface area (Å²) in [4.78, 5) is 20.8. The van der Waals surface area contributed by atoms with E-state index in [1.807, 2.05) is 0 Å². The van der Waals surface area contributed by atoms with Gasteiger partial charge in [-0.2, -0.15) is 0 Å². The van der Waals surface area contributed by atoms with Crippen molar-refractivity contribution in [1.29, 1.82) is 0 Å². The number of hydrogen-bond acceptors (Lipinski definition) is 6. The minimum absolute atomic E-state index is 0.0329. The van der Waals surface area contributed by atoms with E-state index in [0.717, 1.165) is 0 Å². The molecule has 0 aliphatic rings. The largest absolute Gasteiger partial charge is 0.392 e. The van der Waals surface area contributed by atoms with Crippen LogP contribution in [0.3, 0.4) is 0 Å². The summed E-state index contributed by atoms with van der Waals surface area (Å²) >= 11 is 0. The summed E-state index contributed by atoms with van der Waals surface area (Å²) in [7, 11) is 0. The summed E-state index contributed by atoms with van der Waals surface area (Å²) in [6.07, 6.45) is 2.39. The van der Waals surface area contributed by atoms with Gasteiger partial charge in [0.15, 0.2) is 0 Å². The number of rotatable bonds is 7. The Kier molecular flexibility index (Phi) is 5.94. The third-order valence-electron chi connectivity index (χ3n) is 2.66. The summed E-state index contributed by atoms with van der Waals surface area (Å²) in [5.41, 5.74) is -0.172. The molecule has 0 heterocycles. The molecule has 0 aromatic heterocycles. The van der Waals surface area contributed by atoms with Crippen molar-refractivity contribution in [2.24, 2.45) is 0 Å². The monoisotopic (exact) mass is 295 g/mol. The number of nitro groups is 2. The molecule has 0 bridgehead atoms. The van der Waals surface area contributed by atoms with Gasteiger partial charge in [-0.3, -0.25) is 20.2 Å². The van der Waals surface area contributed by atoms with Crippen molar-refractivity contribution in [3.05, 3.63) is 49.6 Å². The van der Waals surface area contributed by atoms with Crippen molar-refractivity contribution >= 4 is 17.5 Å². The van der Waals surface area contributed by atoms with Gasteiger partial charge in [-0.25, -0.2) is 0 Å². The molecule has 2 N–H and O–H groups in total. The van der Waals surface area contributed by atoms with E-state index in [4.69, 9.17) is 5.11 Å². The molecule has 0 aliphatic carbocycles. The summed E-state index contributed by atoms with van der Waals surface area (Å²) in [5, 5.41) is 34.0. The molecule has 0 amide bonds. The quantitative estimate of drug-likeness (QED) is 0.449. The second-order valence-electron chi connectivity index (χ2n) is 4.64. The number of benzene rings is 1. The fraction of sp³-hybridized carbons (Fsp3) is 0.385. The first kappa shape index (κ1) is 16.7. The van der Waals surface area contributed by atoms with E-state index < -0.39 is 16.0 Å². The molecule has 8 heteroatoms. The van der Waals surface area contributed by atoms with E-state index in [-0.39, 0.29) is 16.9 Å². The number of aliphatic hydroxyl groups excluding tert-OH is 1. The molecule has 0 radical (unpaired) electrons. The first-order valence-electron chi connectivity index (χ1n) is 6.31. The van der Waals surface area contributed by atoms with Crippen LogP contribution in [0.4, 0.5) is 11.4 Å². The lowest BCUT2D eigenvalue weighted by molar-refractivity contribution is -0.394. The van der Waals surface area contributed by atoms with Gasteiger partial charge in [0.05, 0.1) is 16.0 Å². The minimum atomic E-state index is -0.636. The molecule has 0 spiro atoms. The molecule has 1 atom stereocenters. The van der Waals surface area contributed by atoms with Crippen LogP contribution >= 0.6 is 0 Å². The molecule has 8 nitrogen and oxygen atoms in total. The van der Waals surface area contributed by atoms with Gasteiger partial charge in [0, 0.05) is 25.2 Å². The molecule has 0 saturated carbocycles. The predicted octanol–water partition coefficient (Wildman–Crippen LogP) is 1.80. The van der Waals surface area contributed by atoms with E-state index in [0.29, 0.717) is 18.7 Å². The molecule has 0 saturated heterocycles. The Morgan fingerprint density at radius 1 is 1.29 bits per heavy atom. The highest BCUT2D eigenvalue weighted by Gasteiger charge is 2.23. The zero-order valence-electron chi connectivity index (χ0n) is 11.8. The molecule has 1 unspecified atom stereocenters. The van der Waals surface area contributed by atoms with Crippen LogP contribution in [0, 0.1) is 27.2 Å². The van der Waals surface area contributed by atoms with Gasteiger partial charge in [-0.15, -0.1) is 0 Å². The molecular weight excluding hydrogens is 278 g/mol. The van der Waals surface area contributed by atoms with Crippen molar-refractivity contribution in [3.63, 3.8) is 0 Å². The van der Waals surface area contributed by atoms with E-state index in [2.05, 4.69) is 5.32 Å². The van der Waals surface area contributed by atoms with Gasteiger partial charge in [0.25, 0.3) is 11.4 Å². The van der Waals surface area contributed by atoms with Crippen molar-refractivity contribution < 1.29 is 15.0 Å². The van der Waals surface area contributed by atoms with Crippen LogP contribution in [0.2, 0.25) is 0 Å². The summed E-state index contributed by atoms with van der Waals surface area (Å²) < 4.78 is 0. The number of nitro benzene ring substituents is 2. The number of nitrogens with zero attached hydrogens (tertiary/aromatic N) is 2. The fourth-order valence-corrected chi connectivity index (χ4v) is 1.78. The van der Waals surface area contributed by atoms with Crippen LogP contribution < -0.4 is 5.32 Å². The number of aliphatic hydroxyl groups is 1. The topological polar surface area (TPSA) is 119 Å². The van der Waals surface area contributed by atoms with Crippen molar-refractivity contribution in [2.45, 2.75) is 20.0 Å². The van der Waals surface area contributed by atoms with E-state index in [1.54, 1.807) is 19.9 Å². The maximum atomic E-state index is 11.0. The third-order valence-corrected chi connectivity index (χ3v) is 2.66. The zero-order chi connectivity index (χ0) is 16.0. The molecule has 114 valence electrons. The van der Waals surface area contributed by atoms with E-state index in [9.17, 15) is 20.2 Å². The van der Waals surface area contributed by atoms with Gasteiger partial charge in [-0.1, -0.05) is 6.08 Å². The summed E-state index contributed by atoms with van der Waals surface area (Å²) in [5.74, 6) is 0. The standard InChI is InChI=1S/C13H17N3O5/c1-9-6-12(15(18)19)11(13(7-9)16(20)21)4-3-5-14-8-10(2)17/h3-4,6-7,10,14,17H,5,8H2,1-2H3. The first-order valence-corrected chi connectivity index (χ1v) is 6.31. The van der Waals surface area contributed by atoms with Crippen molar-refractivity contribution in [2.75, 3.05) is 13.1 Å². The van der Waals surface area contributed by atoms with E-state index in [1.165, 1.54) is 18.2 Å². The van der Waals surface area contributed by atoms with Gasteiger partial charge in [0.1, 0.15) is 5.56 Å². The average Bonchev–Trinajstić information content (AvgIpc) is 2.38. The average molecular weight is 295 g/mol. The number of aryl methyl sites for hydroxylation is 1. The van der Waals surface area contributed by atoms with Crippen molar-refractivity contribution in [3.8, 4) is 0 Å². The smallest absolute Gasteiger partial charge is 0.283 e. The van der Waals surface area contributed by atoms with Gasteiger partial charge < -0.3 is 10.4 Å². The molecule has 0 fully saturated rings. The Balaban J connectivity index is 3.05. The summed E-state index contributed by atoms with van der Waals surface area (Å²) in [6, 6.07) is 2.60. The Hall–Kier alpha value is -2.32. The Morgan fingerprint density at radius 3 is 2.24 bits per heavy atom.